The predicted molar refractivity (Wildman–Crippen MR) is 81.1 cm³/mol. The highest BCUT2D eigenvalue weighted by Crippen LogP contribution is 2.41. The van der Waals surface area contributed by atoms with E-state index in [-0.39, 0.29) is 0 Å². The molecule has 0 saturated carbocycles. The maximum absolute atomic E-state index is 11.2. The van der Waals surface area contributed by atoms with E-state index in [1.54, 1.807) is 0 Å². The predicted octanol–water partition coefficient (Wildman–Crippen LogP) is 2.47. The Labute approximate surface area is 116 Å². The number of hydrogen-bond donors (Lipinski definition) is 1. The number of rotatable bonds is 8. The molecule has 0 radical (unpaired) electrons. The Bertz CT molecular complexity index is 335. The van der Waals surface area contributed by atoms with Crippen molar-refractivity contribution in [3.05, 3.63) is 0 Å². The maximum atomic E-state index is 11.2. The van der Waals surface area contributed by atoms with Crippen LogP contribution >= 0.6 is 11.8 Å². The van der Waals surface area contributed by atoms with Gasteiger partial charge in [0, 0.05) is 22.8 Å². The Morgan fingerprint density at radius 3 is 2.67 bits per heavy atom. The molecule has 0 aromatic heterocycles. The molecule has 5 heteroatoms. The highest BCUT2D eigenvalue weighted by molar-refractivity contribution is 8.00. The topological polar surface area (TPSA) is 46.2 Å². The van der Waals surface area contributed by atoms with E-state index in [1.807, 2.05) is 11.8 Å². The molecule has 2 unspecified atom stereocenters. The van der Waals surface area contributed by atoms with Crippen molar-refractivity contribution in [2.45, 2.75) is 56.7 Å². The summed E-state index contributed by atoms with van der Waals surface area (Å²) in [7, 11) is -2.82. The monoisotopic (exact) mass is 293 g/mol. The number of sulfone groups is 1. The molecule has 0 amide bonds. The Morgan fingerprint density at radius 1 is 1.44 bits per heavy atom. The summed E-state index contributed by atoms with van der Waals surface area (Å²) in [4.78, 5) is 0. The first-order valence-electron chi connectivity index (χ1n) is 6.92. The molecule has 108 valence electrons. The van der Waals surface area contributed by atoms with Gasteiger partial charge in [0.25, 0.3) is 0 Å². The third-order valence-corrected chi connectivity index (χ3v) is 6.31. The highest BCUT2D eigenvalue weighted by Gasteiger charge is 2.37. The van der Waals surface area contributed by atoms with Gasteiger partial charge in [0.1, 0.15) is 9.84 Å². The Balaban J connectivity index is 2.50. The second kappa shape index (κ2) is 7.15. The molecule has 0 aliphatic carbocycles. The molecule has 0 aromatic rings. The lowest BCUT2D eigenvalue weighted by Crippen LogP contribution is -2.45. The van der Waals surface area contributed by atoms with Gasteiger partial charge in [0.2, 0.25) is 0 Å². The molecular formula is C13H27NO2S2. The van der Waals surface area contributed by atoms with Gasteiger partial charge in [0.15, 0.2) is 0 Å². The first kappa shape index (κ1) is 16.3. The summed E-state index contributed by atoms with van der Waals surface area (Å²) < 4.78 is 22.7. The van der Waals surface area contributed by atoms with Crippen LogP contribution in [-0.4, -0.2) is 43.5 Å². The molecule has 3 nitrogen and oxygen atoms in total. The van der Waals surface area contributed by atoms with Gasteiger partial charge < -0.3 is 5.32 Å². The number of thioether (sulfide) groups is 1. The zero-order chi connectivity index (χ0) is 13.6. The molecule has 0 aromatic carbocycles. The van der Waals surface area contributed by atoms with Crippen molar-refractivity contribution < 1.29 is 8.42 Å². The zero-order valence-corrected chi connectivity index (χ0v) is 13.5. The molecule has 1 N–H and O–H groups in total. The standard InChI is InChI=1S/C13H27NO2S2/c1-4-9-14-12(7-5-11-18(3,15)16)13(2)8-6-10-17-13/h12,14H,4-11H2,1-3H3. The summed E-state index contributed by atoms with van der Waals surface area (Å²) in [5.41, 5.74) is 0. The summed E-state index contributed by atoms with van der Waals surface area (Å²) >= 11 is 2.05. The third-order valence-electron chi connectivity index (χ3n) is 3.64. The van der Waals surface area contributed by atoms with Crippen LogP contribution in [0.25, 0.3) is 0 Å². The van der Waals surface area contributed by atoms with E-state index in [1.165, 1.54) is 24.9 Å². The van der Waals surface area contributed by atoms with Gasteiger partial charge in [0.05, 0.1) is 0 Å². The normalized spacial score (nSPS) is 26.4. The average molecular weight is 293 g/mol. The Morgan fingerprint density at radius 2 is 2.17 bits per heavy atom. The van der Waals surface area contributed by atoms with E-state index >= 15 is 0 Å². The fourth-order valence-corrected chi connectivity index (χ4v) is 4.70. The van der Waals surface area contributed by atoms with Gasteiger partial charge in [-0.05, 0) is 51.3 Å². The minimum absolute atomic E-state index is 0.298. The smallest absolute Gasteiger partial charge is 0.147 e. The second-order valence-electron chi connectivity index (χ2n) is 5.54. The van der Waals surface area contributed by atoms with Crippen molar-refractivity contribution in [2.24, 2.45) is 0 Å². The van der Waals surface area contributed by atoms with Crippen molar-refractivity contribution in [2.75, 3.05) is 24.3 Å². The van der Waals surface area contributed by atoms with Gasteiger partial charge >= 0.3 is 0 Å². The summed E-state index contributed by atoms with van der Waals surface area (Å²) in [5.74, 6) is 1.56. The van der Waals surface area contributed by atoms with Crippen molar-refractivity contribution in [1.29, 1.82) is 0 Å². The van der Waals surface area contributed by atoms with Crippen LogP contribution in [0.3, 0.4) is 0 Å². The molecule has 1 aliphatic heterocycles. The van der Waals surface area contributed by atoms with Crippen LogP contribution in [0, 0.1) is 0 Å². The van der Waals surface area contributed by atoms with Gasteiger partial charge in [-0.25, -0.2) is 8.42 Å². The van der Waals surface area contributed by atoms with Gasteiger partial charge in [-0.3, -0.25) is 0 Å². The minimum atomic E-state index is -2.82. The third kappa shape index (κ3) is 5.49. The zero-order valence-electron chi connectivity index (χ0n) is 11.9. The quantitative estimate of drug-likeness (QED) is 0.747. The van der Waals surface area contributed by atoms with Crippen LogP contribution in [0.5, 0.6) is 0 Å². The summed E-state index contributed by atoms with van der Waals surface area (Å²) in [6.45, 7) is 5.53. The largest absolute Gasteiger partial charge is 0.313 e. The Hall–Kier alpha value is 0.260. The minimum Gasteiger partial charge on any atom is -0.313 e. The number of hydrogen-bond acceptors (Lipinski definition) is 4. The molecule has 1 rings (SSSR count). The van der Waals surface area contributed by atoms with E-state index in [9.17, 15) is 8.42 Å². The van der Waals surface area contributed by atoms with Crippen LogP contribution in [0.4, 0.5) is 0 Å². The van der Waals surface area contributed by atoms with E-state index < -0.39 is 9.84 Å². The highest BCUT2D eigenvalue weighted by atomic mass is 32.2. The molecule has 0 spiro atoms. The summed E-state index contributed by atoms with van der Waals surface area (Å²) in [5, 5.41) is 3.62. The summed E-state index contributed by atoms with van der Waals surface area (Å²) in [6.07, 6.45) is 6.74. The molecule has 1 heterocycles. The fourth-order valence-electron chi connectivity index (χ4n) is 2.57. The molecule has 1 saturated heterocycles. The molecule has 1 aliphatic rings. The number of nitrogens with one attached hydrogen (secondary N) is 1. The maximum Gasteiger partial charge on any atom is 0.147 e. The first-order chi connectivity index (χ1) is 8.37. The molecule has 2 atom stereocenters. The lowest BCUT2D eigenvalue weighted by atomic mass is 9.92. The van der Waals surface area contributed by atoms with E-state index in [0.717, 1.165) is 25.8 Å². The van der Waals surface area contributed by atoms with Gasteiger partial charge in [-0.1, -0.05) is 6.92 Å². The SMILES string of the molecule is CCCNC(CCCS(C)(=O)=O)C1(C)CCCS1. The van der Waals surface area contributed by atoms with Crippen molar-refractivity contribution in [3.8, 4) is 0 Å². The van der Waals surface area contributed by atoms with Crippen LogP contribution < -0.4 is 5.32 Å². The van der Waals surface area contributed by atoms with Crippen molar-refractivity contribution in [1.82, 2.24) is 5.32 Å². The van der Waals surface area contributed by atoms with Crippen LogP contribution in [0.2, 0.25) is 0 Å². The molecule has 0 bridgehead atoms. The van der Waals surface area contributed by atoms with Crippen LogP contribution in [0.15, 0.2) is 0 Å². The molecule has 18 heavy (non-hydrogen) atoms. The summed E-state index contributed by atoms with van der Waals surface area (Å²) in [6, 6.07) is 0.451. The lowest BCUT2D eigenvalue weighted by Gasteiger charge is -2.34. The molecule has 1 fully saturated rings. The van der Waals surface area contributed by atoms with Crippen LogP contribution in [-0.2, 0) is 9.84 Å². The van der Waals surface area contributed by atoms with Crippen molar-refractivity contribution >= 4 is 21.6 Å². The lowest BCUT2D eigenvalue weighted by molar-refractivity contribution is 0.378. The van der Waals surface area contributed by atoms with E-state index in [4.69, 9.17) is 0 Å². The van der Waals surface area contributed by atoms with E-state index in [0.29, 0.717) is 16.5 Å². The van der Waals surface area contributed by atoms with Crippen molar-refractivity contribution in [3.63, 3.8) is 0 Å². The van der Waals surface area contributed by atoms with Gasteiger partial charge in [-0.2, -0.15) is 11.8 Å². The van der Waals surface area contributed by atoms with E-state index in [2.05, 4.69) is 19.2 Å². The Kier molecular flexibility index (Phi) is 6.48. The second-order valence-corrected chi connectivity index (χ2v) is 9.43. The first-order valence-corrected chi connectivity index (χ1v) is 9.97. The van der Waals surface area contributed by atoms with Gasteiger partial charge in [-0.15, -0.1) is 0 Å². The fraction of sp³-hybridized carbons (Fsp3) is 1.00. The molecular weight excluding hydrogens is 266 g/mol. The average Bonchev–Trinajstić information content (AvgIpc) is 2.69. The van der Waals surface area contributed by atoms with Crippen LogP contribution in [0.1, 0.15) is 46.0 Å².